The Morgan fingerprint density at radius 2 is 1.69 bits per heavy atom. The Morgan fingerprint density at radius 3 is 2.31 bits per heavy atom. The number of carbonyl (C=O) groups excluding carboxylic acids is 1. The Labute approximate surface area is 168 Å². The lowest BCUT2D eigenvalue weighted by molar-refractivity contribution is -0.138. The molecular formula is C23H24F3NO2. The van der Waals surface area contributed by atoms with Crippen LogP contribution >= 0.6 is 0 Å². The van der Waals surface area contributed by atoms with Crippen molar-refractivity contribution < 1.29 is 22.7 Å². The zero-order chi connectivity index (χ0) is 20.6. The maximum absolute atomic E-state index is 13.2. The van der Waals surface area contributed by atoms with E-state index >= 15 is 0 Å². The maximum atomic E-state index is 13.2. The Hall–Kier alpha value is -2.18. The number of carbonyl (C=O) groups is 1. The van der Waals surface area contributed by atoms with Gasteiger partial charge in [0.05, 0.1) is 18.8 Å². The summed E-state index contributed by atoms with van der Waals surface area (Å²) < 4.78 is 45.5. The van der Waals surface area contributed by atoms with Crippen LogP contribution in [0, 0.1) is 12.8 Å². The van der Waals surface area contributed by atoms with E-state index in [9.17, 15) is 18.0 Å². The second kappa shape index (κ2) is 7.92. The smallest absolute Gasteiger partial charge is 0.378 e. The number of alkyl halides is 3. The van der Waals surface area contributed by atoms with Crippen LogP contribution in [0.15, 0.2) is 48.5 Å². The van der Waals surface area contributed by atoms with Crippen LogP contribution in [0.5, 0.6) is 0 Å². The number of ether oxygens (including phenoxy) is 1. The second-order valence-electron chi connectivity index (χ2n) is 8.01. The van der Waals surface area contributed by atoms with Crippen LogP contribution in [0.25, 0.3) is 0 Å². The molecule has 0 saturated carbocycles. The Kier molecular flexibility index (Phi) is 5.49. The molecule has 0 spiro atoms. The number of piperidine rings is 1. The second-order valence-corrected chi connectivity index (χ2v) is 8.01. The molecule has 4 rings (SSSR count). The first-order valence-electron chi connectivity index (χ1n) is 9.93. The molecule has 0 aromatic heterocycles. The number of hydrogen-bond donors (Lipinski definition) is 0. The van der Waals surface area contributed by atoms with Crippen LogP contribution in [0.2, 0.25) is 0 Å². The fourth-order valence-corrected chi connectivity index (χ4v) is 4.69. The summed E-state index contributed by atoms with van der Waals surface area (Å²) in [6.07, 6.45) is -3.24. The number of hydrogen-bond acceptors (Lipinski definition) is 3. The Bertz CT molecular complexity index is 867. The number of rotatable bonds is 4. The first kappa shape index (κ1) is 20.1. The minimum absolute atomic E-state index is 0.0260. The monoisotopic (exact) mass is 403 g/mol. The summed E-state index contributed by atoms with van der Waals surface area (Å²) >= 11 is 0. The highest BCUT2D eigenvalue weighted by Gasteiger charge is 2.42. The number of halogens is 3. The van der Waals surface area contributed by atoms with E-state index in [1.807, 2.05) is 18.2 Å². The average Bonchev–Trinajstić information content (AvgIpc) is 2.67. The van der Waals surface area contributed by atoms with Crippen molar-refractivity contribution in [2.75, 3.05) is 13.2 Å². The molecule has 3 nitrogen and oxygen atoms in total. The summed E-state index contributed by atoms with van der Waals surface area (Å²) in [5.74, 6) is -0.451. The van der Waals surface area contributed by atoms with Crippen LogP contribution < -0.4 is 0 Å². The van der Waals surface area contributed by atoms with Gasteiger partial charge in [-0.2, -0.15) is 13.2 Å². The van der Waals surface area contributed by atoms with Crippen LogP contribution in [0.3, 0.4) is 0 Å². The summed E-state index contributed by atoms with van der Waals surface area (Å²) in [6.45, 7) is 3.29. The highest BCUT2D eigenvalue weighted by atomic mass is 19.4. The molecule has 0 radical (unpaired) electrons. The molecule has 2 aromatic carbocycles. The lowest BCUT2D eigenvalue weighted by atomic mass is 9.79. The molecule has 154 valence electrons. The van der Waals surface area contributed by atoms with Gasteiger partial charge < -0.3 is 4.74 Å². The average molecular weight is 403 g/mol. The predicted octanol–water partition coefficient (Wildman–Crippen LogP) is 4.88. The Balaban J connectivity index is 1.54. The minimum Gasteiger partial charge on any atom is -0.378 e. The van der Waals surface area contributed by atoms with Crippen molar-refractivity contribution in [3.63, 3.8) is 0 Å². The number of Topliss-reactive ketones (excluding diaryl/α,β-unsaturated/α-hetero) is 1. The molecule has 2 unspecified atom stereocenters. The van der Waals surface area contributed by atoms with E-state index < -0.39 is 11.7 Å². The third kappa shape index (κ3) is 4.09. The summed E-state index contributed by atoms with van der Waals surface area (Å²) in [6, 6.07) is 14.3. The highest BCUT2D eigenvalue weighted by molar-refractivity contribution is 5.99. The van der Waals surface area contributed by atoms with Gasteiger partial charge in [0.2, 0.25) is 0 Å². The van der Waals surface area contributed by atoms with Crippen molar-refractivity contribution >= 4 is 5.78 Å². The summed E-state index contributed by atoms with van der Waals surface area (Å²) in [5, 5.41) is 0. The highest BCUT2D eigenvalue weighted by Crippen LogP contribution is 2.37. The first-order valence-corrected chi connectivity index (χ1v) is 9.93. The van der Waals surface area contributed by atoms with E-state index in [1.54, 1.807) is 0 Å². The fraction of sp³-hybridized carbons (Fsp3) is 0.435. The number of fused-ring (bicyclic) bond motifs is 2. The SMILES string of the molecule is Cc1c(C(=O)C2CC3COCC(C2)N3Cc2ccccc2)cccc1C(F)(F)F. The topological polar surface area (TPSA) is 29.5 Å². The zero-order valence-corrected chi connectivity index (χ0v) is 16.3. The molecule has 2 atom stereocenters. The predicted molar refractivity (Wildman–Crippen MR) is 104 cm³/mol. The van der Waals surface area contributed by atoms with Gasteiger partial charge in [0.1, 0.15) is 0 Å². The van der Waals surface area contributed by atoms with Gasteiger partial charge in [-0.1, -0.05) is 42.5 Å². The molecule has 0 N–H and O–H groups in total. The number of morpholine rings is 1. The molecule has 0 aliphatic carbocycles. The van der Waals surface area contributed by atoms with Crippen molar-refractivity contribution in [1.29, 1.82) is 0 Å². The van der Waals surface area contributed by atoms with E-state index in [0.29, 0.717) is 26.1 Å². The minimum atomic E-state index is -4.45. The third-order valence-electron chi connectivity index (χ3n) is 6.16. The van der Waals surface area contributed by atoms with Crippen molar-refractivity contribution in [2.24, 2.45) is 5.92 Å². The quantitative estimate of drug-likeness (QED) is 0.682. The molecule has 2 aromatic rings. The third-order valence-corrected chi connectivity index (χ3v) is 6.16. The van der Waals surface area contributed by atoms with Gasteiger partial charge in [-0.15, -0.1) is 0 Å². The zero-order valence-electron chi connectivity index (χ0n) is 16.3. The van der Waals surface area contributed by atoms with Crippen LogP contribution in [0.4, 0.5) is 13.2 Å². The van der Waals surface area contributed by atoms with Gasteiger partial charge in [-0.05, 0) is 37.0 Å². The van der Waals surface area contributed by atoms with Gasteiger partial charge in [0.15, 0.2) is 5.78 Å². The lowest BCUT2D eigenvalue weighted by Crippen LogP contribution is -2.57. The molecule has 2 aliphatic rings. The molecule has 29 heavy (non-hydrogen) atoms. The van der Waals surface area contributed by atoms with E-state index in [-0.39, 0.29) is 34.9 Å². The molecule has 2 bridgehead atoms. The van der Waals surface area contributed by atoms with E-state index in [4.69, 9.17) is 4.74 Å². The molecule has 2 heterocycles. The standard InChI is InChI=1S/C23H24F3NO2/c1-15-20(8-5-9-21(15)23(24,25)26)22(28)17-10-18-13-29-14-19(11-17)27(18)12-16-6-3-2-4-7-16/h2-9,17-19H,10-14H2,1H3. The fourth-order valence-electron chi connectivity index (χ4n) is 4.69. The van der Waals surface area contributed by atoms with Crippen molar-refractivity contribution in [1.82, 2.24) is 4.90 Å². The van der Waals surface area contributed by atoms with E-state index in [2.05, 4.69) is 17.0 Å². The number of benzene rings is 2. The van der Waals surface area contributed by atoms with Gasteiger partial charge in [-0.3, -0.25) is 9.69 Å². The van der Waals surface area contributed by atoms with Crippen LogP contribution in [-0.2, 0) is 17.5 Å². The molecule has 2 fully saturated rings. The molecular weight excluding hydrogens is 379 g/mol. The van der Waals surface area contributed by atoms with E-state index in [0.717, 1.165) is 12.6 Å². The van der Waals surface area contributed by atoms with Gasteiger partial charge in [0, 0.05) is 30.1 Å². The summed E-state index contributed by atoms with van der Waals surface area (Å²) in [4.78, 5) is 15.6. The van der Waals surface area contributed by atoms with Gasteiger partial charge >= 0.3 is 6.18 Å². The summed E-state index contributed by atoms with van der Waals surface area (Å²) in [5.41, 5.74) is 0.703. The van der Waals surface area contributed by atoms with Gasteiger partial charge in [-0.25, -0.2) is 0 Å². The summed E-state index contributed by atoms with van der Waals surface area (Å²) in [7, 11) is 0. The normalized spacial score (nSPS) is 25.0. The number of nitrogens with zero attached hydrogens (tertiary/aromatic N) is 1. The van der Waals surface area contributed by atoms with Gasteiger partial charge in [0.25, 0.3) is 0 Å². The lowest BCUT2D eigenvalue weighted by Gasteiger charge is -2.48. The largest absolute Gasteiger partial charge is 0.416 e. The molecule has 0 amide bonds. The van der Waals surface area contributed by atoms with Crippen LogP contribution in [-0.4, -0.2) is 36.0 Å². The van der Waals surface area contributed by atoms with Crippen LogP contribution in [0.1, 0.15) is 39.9 Å². The van der Waals surface area contributed by atoms with E-state index in [1.165, 1.54) is 24.6 Å². The van der Waals surface area contributed by atoms with Crippen molar-refractivity contribution in [3.05, 3.63) is 70.8 Å². The van der Waals surface area contributed by atoms with Crippen molar-refractivity contribution in [2.45, 2.75) is 44.6 Å². The first-order chi connectivity index (χ1) is 13.8. The molecule has 2 aliphatic heterocycles. The van der Waals surface area contributed by atoms with Crippen molar-refractivity contribution in [3.8, 4) is 0 Å². The Morgan fingerprint density at radius 1 is 1.03 bits per heavy atom. The molecule has 6 heteroatoms. The maximum Gasteiger partial charge on any atom is 0.416 e. The number of ketones is 1. The molecule has 2 saturated heterocycles.